The van der Waals surface area contributed by atoms with Crippen molar-refractivity contribution < 1.29 is 19.5 Å². The van der Waals surface area contributed by atoms with Gasteiger partial charge in [-0.1, -0.05) is 5.16 Å². The standard InChI is InChI=1S/C16H22N4O4/c1-10-13(11(2)24-18-10)7-16(23)19-4-3-5-20-12(8-19)6-14(17-20)15(22)9-21/h6,15,21-22H,3-5,7-9H2,1-2H3/t15-/m1/s1. The monoisotopic (exact) mass is 334 g/mol. The summed E-state index contributed by atoms with van der Waals surface area (Å²) >= 11 is 0. The number of aliphatic hydroxyl groups is 2. The van der Waals surface area contributed by atoms with Crippen LogP contribution in [-0.2, 0) is 24.3 Å². The number of rotatable bonds is 4. The number of aryl methyl sites for hydroxylation is 3. The number of aliphatic hydroxyl groups excluding tert-OH is 2. The topological polar surface area (TPSA) is 105 Å². The summed E-state index contributed by atoms with van der Waals surface area (Å²) in [4.78, 5) is 14.5. The highest BCUT2D eigenvalue weighted by Gasteiger charge is 2.24. The summed E-state index contributed by atoms with van der Waals surface area (Å²) < 4.78 is 6.92. The van der Waals surface area contributed by atoms with Crippen LogP contribution in [0.2, 0.25) is 0 Å². The predicted molar refractivity (Wildman–Crippen MR) is 84.0 cm³/mol. The van der Waals surface area contributed by atoms with E-state index < -0.39 is 6.10 Å². The lowest BCUT2D eigenvalue weighted by molar-refractivity contribution is -0.131. The van der Waals surface area contributed by atoms with Gasteiger partial charge in [-0.15, -0.1) is 0 Å². The summed E-state index contributed by atoms with van der Waals surface area (Å²) in [6.45, 7) is 5.05. The zero-order valence-electron chi connectivity index (χ0n) is 13.9. The van der Waals surface area contributed by atoms with Crippen molar-refractivity contribution in [2.75, 3.05) is 13.2 Å². The normalized spacial score (nSPS) is 15.9. The number of fused-ring (bicyclic) bond motifs is 1. The zero-order valence-corrected chi connectivity index (χ0v) is 13.9. The molecule has 0 spiro atoms. The highest BCUT2D eigenvalue weighted by Crippen LogP contribution is 2.20. The second kappa shape index (κ2) is 6.74. The van der Waals surface area contributed by atoms with Crippen LogP contribution in [-0.4, -0.2) is 49.1 Å². The molecule has 0 fully saturated rings. The molecule has 130 valence electrons. The van der Waals surface area contributed by atoms with E-state index in [0.717, 1.165) is 23.4 Å². The quantitative estimate of drug-likeness (QED) is 0.843. The Balaban J connectivity index is 1.75. The number of nitrogens with zero attached hydrogens (tertiary/aromatic N) is 4. The van der Waals surface area contributed by atoms with Gasteiger partial charge in [-0.25, -0.2) is 0 Å². The number of hydrogen-bond acceptors (Lipinski definition) is 6. The second-order valence-electron chi connectivity index (χ2n) is 6.13. The van der Waals surface area contributed by atoms with Crippen molar-refractivity contribution in [1.82, 2.24) is 19.8 Å². The Labute approximate surface area is 139 Å². The van der Waals surface area contributed by atoms with E-state index in [9.17, 15) is 9.90 Å². The van der Waals surface area contributed by atoms with Gasteiger partial charge < -0.3 is 19.6 Å². The summed E-state index contributed by atoms with van der Waals surface area (Å²) in [5.74, 6) is 0.692. The van der Waals surface area contributed by atoms with E-state index in [-0.39, 0.29) is 18.9 Å². The van der Waals surface area contributed by atoms with Crippen molar-refractivity contribution >= 4 is 5.91 Å². The molecule has 0 radical (unpaired) electrons. The Hall–Kier alpha value is -2.19. The molecule has 0 bridgehead atoms. The van der Waals surface area contributed by atoms with Crippen LogP contribution in [0.15, 0.2) is 10.6 Å². The SMILES string of the molecule is Cc1noc(C)c1CC(=O)N1CCCn2nc([C@H](O)CO)cc2C1. The van der Waals surface area contributed by atoms with Gasteiger partial charge in [0.15, 0.2) is 0 Å². The molecule has 24 heavy (non-hydrogen) atoms. The van der Waals surface area contributed by atoms with Crippen LogP contribution >= 0.6 is 0 Å². The van der Waals surface area contributed by atoms with Crippen LogP contribution in [0.4, 0.5) is 0 Å². The minimum atomic E-state index is -0.990. The van der Waals surface area contributed by atoms with Crippen molar-refractivity contribution in [2.24, 2.45) is 0 Å². The van der Waals surface area contributed by atoms with Gasteiger partial charge in [0.05, 0.1) is 36.7 Å². The Morgan fingerprint density at radius 3 is 2.88 bits per heavy atom. The first-order chi connectivity index (χ1) is 11.5. The maximum Gasteiger partial charge on any atom is 0.227 e. The molecule has 8 heteroatoms. The van der Waals surface area contributed by atoms with Crippen molar-refractivity contribution in [3.05, 3.63) is 34.5 Å². The van der Waals surface area contributed by atoms with Gasteiger partial charge in [-0.2, -0.15) is 5.10 Å². The van der Waals surface area contributed by atoms with Gasteiger partial charge >= 0.3 is 0 Å². The highest BCUT2D eigenvalue weighted by molar-refractivity contribution is 5.79. The van der Waals surface area contributed by atoms with E-state index in [1.54, 1.807) is 15.6 Å². The first-order valence-electron chi connectivity index (χ1n) is 8.04. The maximum absolute atomic E-state index is 12.7. The van der Waals surface area contributed by atoms with Crippen molar-refractivity contribution in [3.8, 4) is 0 Å². The van der Waals surface area contributed by atoms with Gasteiger partial charge in [0.2, 0.25) is 5.91 Å². The molecule has 2 aromatic heterocycles. The molecule has 0 saturated heterocycles. The molecule has 0 aliphatic carbocycles. The fraction of sp³-hybridized carbons (Fsp3) is 0.562. The van der Waals surface area contributed by atoms with Crippen LogP contribution in [0.1, 0.15) is 40.9 Å². The zero-order chi connectivity index (χ0) is 17.3. The number of hydrogen-bond donors (Lipinski definition) is 2. The van der Waals surface area contributed by atoms with Gasteiger partial charge in [0.1, 0.15) is 11.9 Å². The lowest BCUT2D eigenvalue weighted by atomic mass is 10.1. The molecule has 8 nitrogen and oxygen atoms in total. The summed E-state index contributed by atoms with van der Waals surface area (Å²) in [6.07, 6.45) is 0.0638. The second-order valence-corrected chi connectivity index (χ2v) is 6.13. The maximum atomic E-state index is 12.7. The third-order valence-electron chi connectivity index (χ3n) is 4.41. The minimum absolute atomic E-state index is 0.0170. The van der Waals surface area contributed by atoms with E-state index >= 15 is 0 Å². The molecular formula is C16H22N4O4. The molecular weight excluding hydrogens is 312 g/mol. The Kier molecular flexibility index (Phi) is 4.68. The third kappa shape index (κ3) is 3.20. The molecule has 0 saturated carbocycles. The van der Waals surface area contributed by atoms with Gasteiger partial charge in [-0.05, 0) is 26.3 Å². The summed E-state index contributed by atoms with van der Waals surface area (Å²) in [5.41, 5.74) is 2.89. The van der Waals surface area contributed by atoms with E-state index in [4.69, 9.17) is 9.63 Å². The fourth-order valence-corrected chi connectivity index (χ4v) is 2.97. The smallest absolute Gasteiger partial charge is 0.227 e. The van der Waals surface area contributed by atoms with Gasteiger partial charge in [0, 0.05) is 18.7 Å². The van der Waals surface area contributed by atoms with Gasteiger partial charge in [-0.3, -0.25) is 9.48 Å². The van der Waals surface area contributed by atoms with Crippen LogP contribution in [0.3, 0.4) is 0 Å². The van der Waals surface area contributed by atoms with E-state index in [1.165, 1.54) is 0 Å². The van der Waals surface area contributed by atoms with Gasteiger partial charge in [0.25, 0.3) is 0 Å². The summed E-state index contributed by atoms with van der Waals surface area (Å²) in [6, 6.07) is 1.75. The van der Waals surface area contributed by atoms with Crippen LogP contribution < -0.4 is 0 Å². The first-order valence-corrected chi connectivity index (χ1v) is 8.04. The van der Waals surface area contributed by atoms with Crippen molar-refractivity contribution in [2.45, 2.75) is 45.9 Å². The Bertz CT molecular complexity index is 717. The number of carbonyl (C=O) groups is 1. The molecule has 0 aromatic carbocycles. The van der Waals surface area contributed by atoms with E-state index in [2.05, 4.69) is 10.3 Å². The van der Waals surface area contributed by atoms with E-state index in [1.807, 2.05) is 13.8 Å². The average molecular weight is 334 g/mol. The molecule has 1 aliphatic rings. The Morgan fingerprint density at radius 1 is 1.42 bits per heavy atom. The lowest BCUT2D eigenvalue weighted by Gasteiger charge is -2.20. The van der Waals surface area contributed by atoms with Crippen molar-refractivity contribution in [1.29, 1.82) is 0 Å². The minimum Gasteiger partial charge on any atom is -0.393 e. The average Bonchev–Trinajstić information content (AvgIpc) is 3.04. The number of aromatic nitrogens is 3. The predicted octanol–water partition coefficient (Wildman–Crippen LogP) is 0.489. The van der Waals surface area contributed by atoms with Crippen LogP contribution in [0.5, 0.6) is 0 Å². The lowest BCUT2D eigenvalue weighted by Crippen LogP contribution is -2.32. The van der Waals surface area contributed by atoms with Crippen LogP contribution in [0, 0.1) is 13.8 Å². The summed E-state index contributed by atoms with van der Waals surface area (Å²) in [7, 11) is 0. The molecule has 2 N–H and O–H groups in total. The number of carbonyl (C=O) groups excluding carboxylic acids is 1. The molecule has 1 aliphatic heterocycles. The summed E-state index contributed by atoms with van der Waals surface area (Å²) in [5, 5.41) is 27.0. The first kappa shape index (κ1) is 16.7. The Morgan fingerprint density at radius 2 is 2.21 bits per heavy atom. The highest BCUT2D eigenvalue weighted by atomic mass is 16.5. The van der Waals surface area contributed by atoms with Crippen LogP contribution in [0.25, 0.3) is 0 Å². The molecule has 3 rings (SSSR count). The largest absolute Gasteiger partial charge is 0.393 e. The third-order valence-corrected chi connectivity index (χ3v) is 4.41. The van der Waals surface area contributed by atoms with Crippen molar-refractivity contribution in [3.63, 3.8) is 0 Å². The molecule has 3 heterocycles. The van der Waals surface area contributed by atoms with E-state index in [0.29, 0.717) is 31.1 Å². The molecule has 2 aromatic rings. The molecule has 0 unspecified atom stereocenters. The molecule has 1 amide bonds. The fourth-order valence-electron chi connectivity index (χ4n) is 2.97. The number of amides is 1. The molecule has 1 atom stereocenters.